The molecule has 1 aromatic carbocycles. The van der Waals surface area contributed by atoms with Gasteiger partial charge >= 0.3 is 0 Å². The second kappa shape index (κ2) is 9.47. The molecule has 1 aliphatic heterocycles. The van der Waals surface area contributed by atoms with Gasteiger partial charge in [0, 0.05) is 37.1 Å². The van der Waals surface area contributed by atoms with Crippen LogP contribution < -0.4 is 10.3 Å². The topological polar surface area (TPSA) is 69.0 Å². The summed E-state index contributed by atoms with van der Waals surface area (Å²) in [6.07, 6.45) is 4.70. The SMILES string of the molecule is Br.O=c1c(-c2ccc(Cl)cc2)c(OCCN2CCOCC2)nc2cnccn12. The molecule has 7 nitrogen and oxygen atoms in total. The molecule has 1 fully saturated rings. The molecule has 0 spiro atoms. The molecule has 3 aromatic rings. The van der Waals surface area contributed by atoms with E-state index in [2.05, 4.69) is 14.9 Å². The number of nitrogens with zero attached hydrogens (tertiary/aromatic N) is 4. The first kappa shape index (κ1) is 20.7. The Morgan fingerprint density at radius 1 is 1.18 bits per heavy atom. The Bertz CT molecular complexity index is 991. The van der Waals surface area contributed by atoms with Crippen molar-refractivity contribution in [3.8, 4) is 17.0 Å². The lowest BCUT2D eigenvalue weighted by atomic mass is 10.1. The number of rotatable bonds is 5. The molecule has 0 aliphatic carbocycles. The highest BCUT2D eigenvalue weighted by molar-refractivity contribution is 8.93. The zero-order valence-corrected chi connectivity index (χ0v) is 17.6. The molecule has 0 radical (unpaired) electrons. The van der Waals surface area contributed by atoms with Crippen molar-refractivity contribution in [2.24, 2.45) is 0 Å². The van der Waals surface area contributed by atoms with Gasteiger partial charge in [-0.3, -0.25) is 19.1 Å². The Kier molecular flexibility index (Phi) is 7.01. The third kappa shape index (κ3) is 4.52. The van der Waals surface area contributed by atoms with Crippen LogP contribution >= 0.6 is 28.6 Å². The van der Waals surface area contributed by atoms with Gasteiger partial charge in [0.15, 0.2) is 5.65 Å². The van der Waals surface area contributed by atoms with Gasteiger partial charge in [0.1, 0.15) is 12.2 Å². The highest BCUT2D eigenvalue weighted by atomic mass is 79.9. The quantitative estimate of drug-likeness (QED) is 0.575. The number of aromatic nitrogens is 3. The Morgan fingerprint density at radius 2 is 1.93 bits per heavy atom. The van der Waals surface area contributed by atoms with Crippen LogP contribution in [-0.4, -0.2) is 58.7 Å². The maximum absolute atomic E-state index is 13.1. The van der Waals surface area contributed by atoms with Gasteiger partial charge in [0.2, 0.25) is 5.88 Å². The van der Waals surface area contributed by atoms with E-state index >= 15 is 0 Å². The van der Waals surface area contributed by atoms with Crippen LogP contribution in [0.2, 0.25) is 5.02 Å². The maximum Gasteiger partial charge on any atom is 0.269 e. The number of hydrogen-bond acceptors (Lipinski definition) is 6. The van der Waals surface area contributed by atoms with Crippen molar-refractivity contribution >= 4 is 34.2 Å². The van der Waals surface area contributed by atoms with Crippen molar-refractivity contribution in [2.45, 2.75) is 0 Å². The van der Waals surface area contributed by atoms with Crippen molar-refractivity contribution in [1.29, 1.82) is 0 Å². The summed E-state index contributed by atoms with van der Waals surface area (Å²) in [5.74, 6) is 0.309. The molecule has 2 aromatic heterocycles. The van der Waals surface area contributed by atoms with Crippen LogP contribution in [-0.2, 0) is 4.74 Å². The molecule has 0 unspecified atom stereocenters. The van der Waals surface area contributed by atoms with Crippen LogP contribution in [0.5, 0.6) is 5.88 Å². The summed E-state index contributed by atoms with van der Waals surface area (Å²) < 4.78 is 12.8. The van der Waals surface area contributed by atoms with E-state index in [9.17, 15) is 4.79 Å². The van der Waals surface area contributed by atoms with E-state index in [-0.39, 0.29) is 22.5 Å². The second-order valence-electron chi connectivity index (χ2n) is 6.21. The van der Waals surface area contributed by atoms with Crippen molar-refractivity contribution in [3.05, 3.63) is 58.2 Å². The average Bonchev–Trinajstić information content (AvgIpc) is 2.70. The number of benzene rings is 1. The molecule has 0 saturated carbocycles. The van der Waals surface area contributed by atoms with Gasteiger partial charge in [0.25, 0.3) is 5.56 Å². The minimum atomic E-state index is -0.203. The first-order chi connectivity index (χ1) is 13.2. The summed E-state index contributed by atoms with van der Waals surface area (Å²) in [7, 11) is 0. The number of ether oxygens (including phenoxy) is 2. The van der Waals surface area contributed by atoms with Crippen LogP contribution in [0.3, 0.4) is 0 Å². The normalized spacial score (nSPS) is 14.6. The lowest BCUT2D eigenvalue weighted by Gasteiger charge is -2.26. The lowest BCUT2D eigenvalue weighted by molar-refractivity contribution is 0.0320. The minimum absolute atomic E-state index is 0. The van der Waals surface area contributed by atoms with Gasteiger partial charge in [-0.05, 0) is 17.7 Å². The standard InChI is InChI=1S/C19H19ClN4O3.BrH/c20-15-3-1-14(2-4-15)17-18(27-12-9-23-7-10-26-11-8-23)22-16-13-21-5-6-24(16)19(17)25;/h1-6,13H,7-12H2;1H. The molecule has 28 heavy (non-hydrogen) atoms. The molecule has 1 aliphatic rings. The van der Waals surface area contributed by atoms with Crippen LogP contribution in [0.15, 0.2) is 47.7 Å². The number of halogens is 2. The second-order valence-corrected chi connectivity index (χ2v) is 6.65. The molecule has 3 heterocycles. The molecule has 4 rings (SSSR count). The van der Waals surface area contributed by atoms with Crippen LogP contribution in [0.25, 0.3) is 16.8 Å². The highest BCUT2D eigenvalue weighted by Gasteiger charge is 2.17. The third-order valence-corrected chi connectivity index (χ3v) is 4.74. The largest absolute Gasteiger partial charge is 0.476 e. The fourth-order valence-electron chi connectivity index (χ4n) is 3.04. The van der Waals surface area contributed by atoms with Gasteiger partial charge in [-0.25, -0.2) is 0 Å². The molecule has 0 atom stereocenters. The zero-order valence-electron chi connectivity index (χ0n) is 15.1. The van der Waals surface area contributed by atoms with Gasteiger partial charge in [-0.1, -0.05) is 23.7 Å². The van der Waals surface area contributed by atoms with Crippen LogP contribution in [0.1, 0.15) is 0 Å². The van der Waals surface area contributed by atoms with Crippen LogP contribution in [0.4, 0.5) is 0 Å². The molecule has 0 bridgehead atoms. The Balaban J connectivity index is 0.00000225. The van der Waals surface area contributed by atoms with Gasteiger partial charge in [-0.2, -0.15) is 4.98 Å². The number of fused-ring (bicyclic) bond motifs is 1. The predicted molar refractivity (Wildman–Crippen MR) is 113 cm³/mol. The van der Waals surface area contributed by atoms with Gasteiger partial charge in [-0.15, -0.1) is 17.0 Å². The first-order valence-corrected chi connectivity index (χ1v) is 9.15. The summed E-state index contributed by atoms with van der Waals surface area (Å²) in [5.41, 5.74) is 1.37. The first-order valence-electron chi connectivity index (χ1n) is 8.77. The maximum atomic E-state index is 13.1. The van der Waals surface area contributed by atoms with Gasteiger partial charge in [0.05, 0.1) is 19.4 Å². The minimum Gasteiger partial charge on any atom is -0.476 e. The Morgan fingerprint density at radius 3 is 2.68 bits per heavy atom. The van der Waals surface area contributed by atoms with E-state index in [0.29, 0.717) is 34.3 Å². The average molecular weight is 468 g/mol. The summed E-state index contributed by atoms with van der Waals surface area (Å²) in [4.78, 5) is 23.9. The molecule has 0 N–H and O–H groups in total. The summed E-state index contributed by atoms with van der Waals surface area (Å²) in [5, 5.41) is 0.603. The van der Waals surface area contributed by atoms with Crippen molar-refractivity contribution < 1.29 is 9.47 Å². The molecule has 0 amide bonds. The number of morpholine rings is 1. The molecule has 9 heteroatoms. The summed E-state index contributed by atoms with van der Waals surface area (Å²) >= 11 is 5.99. The van der Waals surface area contributed by atoms with E-state index in [0.717, 1.165) is 32.8 Å². The van der Waals surface area contributed by atoms with Crippen molar-refractivity contribution in [2.75, 3.05) is 39.5 Å². The van der Waals surface area contributed by atoms with E-state index in [1.165, 1.54) is 4.40 Å². The van der Waals surface area contributed by atoms with Crippen molar-refractivity contribution in [1.82, 2.24) is 19.3 Å². The third-order valence-electron chi connectivity index (χ3n) is 4.48. The van der Waals surface area contributed by atoms with Gasteiger partial charge < -0.3 is 9.47 Å². The van der Waals surface area contributed by atoms with Crippen LogP contribution in [0, 0.1) is 0 Å². The smallest absolute Gasteiger partial charge is 0.269 e. The van der Waals surface area contributed by atoms with E-state index in [1.54, 1.807) is 42.9 Å². The highest BCUT2D eigenvalue weighted by Crippen LogP contribution is 2.26. The fourth-order valence-corrected chi connectivity index (χ4v) is 3.17. The molecule has 148 valence electrons. The lowest BCUT2D eigenvalue weighted by Crippen LogP contribution is -2.38. The number of hydrogen-bond donors (Lipinski definition) is 0. The Hall–Kier alpha value is -2.00. The van der Waals surface area contributed by atoms with E-state index in [4.69, 9.17) is 21.1 Å². The zero-order chi connectivity index (χ0) is 18.6. The summed E-state index contributed by atoms with van der Waals surface area (Å²) in [6.45, 7) is 4.41. The van der Waals surface area contributed by atoms with E-state index in [1.807, 2.05) is 0 Å². The van der Waals surface area contributed by atoms with Crippen molar-refractivity contribution in [3.63, 3.8) is 0 Å². The molecular formula is C19H20BrClN4O3. The fraction of sp³-hybridized carbons (Fsp3) is 0.316. The molecular weight excluding hydrogens is 448 g/mol. The Labute approximate surface area is 177 Å². The summed E-state index contributed by atoms with van der Waals surface area (Å²) in [6, 6.07) is 7.08. The van der Waals surface area contributed by atoms with E-state index < -0.39 is 0 Å². The predicted octanol–water partition coefficient (Wildman–Crippen LogP) is 2.70. The molecule has 1 saturated heterocycles. The monoisotopic (exact) mass is 466 g/mol.